The normalized spacial score (nSPS) is 12.4. The molecule has 0 atom stereocenters. The van der Waals surface area contributed by atoms with Crippen molar-refractivity contribution in [1.82, 2.24) is 0 Å². The molecule has 1 aromatic heterocycles. The third kappa shape index (κ3) is 3.49. The van der Waals surface area contributed by atoms with Crippen LogP contribution in [-0.4, -0.2) is 13.9 Å². The molecule has 4 rings (SSSR count). The number of fused-ring (bicyclic) bond motifs is 1. The average Bonchev–Trinajstić information content (AvgIpc) is 3.30. The first kappa shape index (κ1) is 16.8. The second-order valence-corrected chi connectivity index (χ2v) is 6.41. The van der Waals surface area contributed by atoms with Gasteiger partial charge in [0.2, 0.25) is 6.79 Å². The van der Waals surface area contributed by atoms with Gasteiger partial charge in [-0.3, -0.25) is 0 Å². The topological polar surface area (TPSA) is 57.4 Å². The van der Waals surface area contributed by atoms with Crippen LogP contribution in [0.1, 0.15) is 11.3 Å². The van der Waals surface area contributed by atoms with Crippen LogP contribution in [0.25, 0.3) is 11.3 Å². The Labute approximate surface area is 156 Å². The number of benzene rings is 2. The van der Waals surface area contributed by atoms with Crippen molar-refractivity contribution in [3.8, 4) is 28.6 Å². The fourth-order valence-corrected chi connectivity index (χ4v) is 3.17. The molecule has 2 N–H and O–H groups in total. The number of rotatable bonds is 6. The quantitative estimate of drug-likeness (QED) is 0.718. The van der Waals surface area contributed by atoms with Gasteiger partial charge in [0.25, 0.3) is 0 Å². The first-order chi connectivity index (χ1) is 12.7. The maximum absolute atomic E-state index is 6.19. The summed E-state index contributed by atoms with van der Waals surface area (Å²) in [5.41, 5.74) is 2.11. The van der Waals surface area contributed by atoms with E-state index in [1.165, 1.54) is 5.56 Å². The Balaban J connectivity index is 1.37. The van der Waals surface area contributed by atoms with E-state index in [4.69, 9.17) is 30.2 Å². The van der Waals surface area contributed by atoms with Crippen LogP contribution in [0.4, 0.5) is 0 Å². The molecule has 2 heterocycles. The molecular weight excluding hydrogens is 354 g/mol. The first-order valence-corrected chi connectivity index (χ1v) is 8.73. The Bertz CT molecular complexity index is 922. The fraction of sp³-hybridized carbons (Fsp3) is 0.200. The van der Waals surface area contributed by atoms with Crippen molar-refractivity contribution in [3.63, 3.8) is 0 Å². The van der Waals surface area contributed by atoms with E-state index in [1.54, 1.807) is 7.11 Å². The summed E-state index contributed by atoms with van der Waals surface area (Å²) < 4.78 is 21.9. The van der Waals surface area contributed by atoms with Crippen LogP contribution >= 0.6 is 11.6 Å². The van der Waals surface area contributed by atoms with Gasteiger partial charge in [0, 0.05) is 11.1 Å². The van der Waals surface area contributed by atoms with E-state index in [-0.39, 0.29) is 0 Å². The van der Waals surface area contributed by atoms with E-state index in [9.17, 15) is 0 Å². The summed E-state index contributed by atoms with van der Waals surface area (Å²) in [4.78, 5) is 0. The highest BCUT2D eigenvalue weighted by Gasteiger charge is 2.14. The summed E-state index contributed by atoms with van der Waals surface area (Å²) in [5.74, 6) is 3.98. The van der Waals surface area contributed by atoms with Crippen LogP contribution in [0, 0.1) is 0 Å². The van der Waals surface area contributed by atoms with E-state index in [1.807, 2.05) is 42.5 Å². The predicted molar refractivity (Wildman–Crippen MR) is 97.6 cm³/mol. The molecule has 26 heavy (non-hydrogen) atoms. The van der Waals surface area contributed by atoms with Gasteiger partial charge in [-0.25, -0.2) is 0 Å². The van der Waals surface area contributed by atoms with Gasteiger partial charge in [-0.15, -0.1) is 0 Å². The first-order valence-electron chi connectivity index (χ1n) is 8.36. The van der Waals surface area contributed by atoms with Crippen molar-refractivity contribution in [2.75, 3.05) is 13.9 Å². The molecule has 0 amide bonds. The molecule has 0 saturated carbocycles. The van der Waals surface area contributed by atoms with Gasteiger partial charge < -0.3 is 23.9 Å². The molecule has 1 aliphatic heterocycles. The minimum Gasteiger partial charge on any atom is -0.495 e. The second kappa shape index (κ2) is 7.32. The number of quaternary nitrogens is 1. The van der Waals surface area contributed by atoms with Crippen molar-refractivity contribution < 1.29 is 23.9 Å². The largest absolute Gasteiger partial charge is 0.495 e. The zero-order valence-corrected chi connectivity index (χ0v) is 15.1. The molecule has 0 fully saturated rings. The Morgan fingerprint density at radius 3 is 2.73 bits per heavy atom. The summed E-state index contributed by atoms with van der Waals surface area (Å²) in [5, 5.41) is 2.75. The molecule has 1 aliphatic rings. The van der Waals surface area contributed by atoms with Gasteiger partial charge >= 0.3 is 0 Å². The molecule has 0 spiro atoms. The molecule has 0 radical (unpaired) electrons. The molecule has 5 nitrogen and oxygen atoms in total. The third-order valence-corrected chi connectivity index (χ3v) is 4.56. The maximum Gasteiger partial charge on any atom is 0.231 e. The van der Waals surface area contributed by atoms with E-state index >= 15 is 0 Å². The number of halogens is 1. The number of nitrogens with two attached hydrogens (primary N) is 1. The predicted octanol–water partition coefficient (Wildman–Crippen LogP) is 3.60. The van der Waals surface area contributed by atoms with Crippen molar-refractivity contribution in [2.24, 2.45) is 0 Å². The highest BCUT2D eigenvalue weighted by Crippen LogP contribution is 2.32. The summed E-state index contributed by atoms with van der Waals surface area (Å²) >= 11 is 6.19. The lowest BCUT2D eigenvalue weighted by Gasteiger charge is -2.04. The number of furan rings is 1. The lowest BCUT2D eigenvalue weighted by atomic mass is 10.2. The Hall–Kier alpha value is -2.63. The minimum absolute atomic E-state index is 0.299. The Kier molecular flexibility index (Phi) is 4.73. The zero-order chi connectivity index (χ0) is 17.9. The van der Waals surface area contributed by atoms with Crippen LogP contribution in [0.2, 0.25) is 5.02 Å². The van der Waals surface area contributed by atoms with Gasteiger partial charge in [-0.05, 0) is 48.5 Å². The smallest absolute Gasteiger partial charge is 0.231 e. The molecule has 0 bridgehead atoms. The summed E-state index contributed by atoms with van der Waals surface area (Å²) in [6.45, 7) is 1.88. The van der Waals surface area contributed by atoms with E-state index in [2.05, 4.69) is 11.4 Å². The Morgan fingerprint density at radius 2 is 1.88 bits per heavy atom. The van der Waals surface area contributed by atoms with Gasteiger partial charge in [-0.2, -0.15) is 0 Å². The van der Waals surface area contributed by atoms with Crippen LogP contribution in [0.3, 0.4) is 0 Å². The summed E-state index contributed by atoms with van der Waals surface area (Å²) in [6, 6.07) is 15.6. The van der Waals surface area contributed by atoms with Gasteiger partial charge in [0.15, 0.2) is 17.3 Å². The molecule has 2 aromatic carbocycles. The van der Waals surface area contributed by atoms with Crippen LogP contribution in [0.5, 0.6) is 17.2 Å². The molecule has 6 heteroatoms. The van der Waals surface area contributed by atoms with Gasteiger partial charge in [-0.1, -0.05) is 11.6 Å². The standard InChI is InChI=1S/C20H18ClNO4/c1-23-18-6-3-14(9-16(18)21)17-7-4-15(26-17)11-22-10-13-2-5-19-20(8-13)25-12-24-19/h2-9,22H,10-12H2,1H3/p+1. The number of methoxy groups -OCH3 is 1. The van der Waals surface area contributed by atoms with Crippen LogP contribution in [-0.2, 0) is 13.1 Å². The van der Waals surface area contributed by atoms with Crippen molar-refractivity contribution >= 4 is 11.6 Å². The Morgan fingerprint density at radius 1 is 1.00 bits per heavy atom. The highest BCUT2D eigenvalue weighted by molar-refractivity contribution is 6.32. The monoisotopic (exact) mass is 372 g/mol. The summed E-state index contributed by atoms with van der Waals surface area (Å²) in [7, 11) is 1.60. The number of ether oxygens (including phenoxy) is 3. The maximum atomic E-state index is 6.19. The number of hydrogen-bond donors (Lipinski definition) is 1. The van der Waals surface area contributed by atoms with Gasteiger partial charge in [0.05, 0.1) is 12.1 Å². The highest BCUT2D eigenvalue weighted by atomic mass is 35.5. The third-order valence-electron chi connectivity index (χ3n) is 4.26. The second-order valence-electron chi connectivity index (χ2n) is 6.00. The SMILES string of the molecule is COc1ccc(-c2ccc(C[NH2+]Cc3ccc4c(c3)OCO4)o2)cc1Cl. The van der Waals surface area contributed by atoms with Crippen molar-refractivity contribution in [3.05, 3.63) is 64.9 Å². The number of hydrogen-bond acceptors (Lipinski definition) is 4. The minimum atomic E-state index is 0.299. The molecule has 134 valence electrons. The molecular formula is C20H19ClNO4+. The van der Waals surface area contributed by atoms with E-state index < -0.39 is 0 Å². The summed E-state index contributed by atoms with van der Waals surface area (Å²) in [6.07, 6.45) is 0. The average molecular weight is 373 g/mol. The fourth-order valence-electron chi connectivity index (χ4n) is 2.91. The van der Waals surface area contributed by atoms with E-state index in [0.717, 1.165) is 41.7 Å². The molecule has 0 unspecified atom stereocenters. The van der Waals surface area contributed by atoms with Crippen molar-refractivity contribution in [2.45, 2.75) is 13.1 Å². The van der Waals surface area contributed by atoms with Crippen molar-refractivity contribution in [1.29, 1.82) is 0 Å². The van der Waals surface area contributed by atoms with Crippen LogP contribution < -0.4 is 19.5 Å². The van der Waals surface area contributed by atoms with E-state index in [0.29, 0.717) is 17.6 Å². The molecule has 0 aliphatic carbocycles. The molecule has 3 aromatic rings. The molecule has 0 saturated heterocycles. The van der Waals surface area contributed by atoms with Crippen LogP contribution in [0.15, 0.2) is 52.9 Å². The zero-order valence-electron chi connectivity index (χ0n) is 14.3. The lowest BCUT2D eigenvalue weighted by molar-refractivity contribution is -0.687. The lowest BCUT2D eigenvalue weighted by Crippen LogP contribution is -2.80. The van der Waals surface area contributed by atoms with Gasteiger partial charge in [0.1, 0.15) is 24.6 Å².